The summed E-state index contributed by atoms with van der Waals surface area (Å²) in [7, 11) is 0. The summed E-state index contributed by atoms with van der Waals surface area (Å²) in [6, 6.07) is 14.6. The highest BCUT2D eigenvalue weighted by molar-refractivity contribution is 9.10. The third kappa shape index (κ3) is 4.94. The van der Waals surface area contributed by atoms with Gasteiger partial charge in [-0.3, -0.25) is 9.59 Å². The first kappa shape index (κ1) is 18.6. The molecule has 26 heavy (non-hydrogen) atoms. The molecule has 0 heterocycles. The molecule has 1 saturated carbocycles. The number of halogens is 1. The van der Waals surface area contributed by atoms with Gasteiger partial charge in [-0.1, -0.05) is 43.9 Å². The minimum atomic E-state index is -0.209. The van der Waals surface area contributed by atoms with Gasteiger partial charge in [0.05, 0.1) is 5.56 Å². The fraction of sp³-hybridized carbons (Fsp3) is 0.333. The molecule has 2 amide bonds. The van der Waals surface area contributed by atoms with E-state index >= 15 is 0 Å². The van der Waals surface area contributed by atoms with Crippen LogP contribution >= 0.6 is 15.9 Å². The van der Waals surface area contributed by atoms with Crippen LogP contribution in [0.3, 0.4) is 0 Å². The lowest BCUT2D eigenvalue weighted by Crippen LogP contribution is -2.34. The van der Waals surface area contributed by atoms with Crippen LogP contribution in [0.15, 0.2) is 53.0 Å². The van der Waals surface area contributed by atoms with E-state index in [2.05, 4.69) is 26.6 Å². The minimum absolute atomic E-state index is 0.0751. The van der Waals surface area contributed by atoms with Crippen LogP contribution in [0.5, 0.6) is 0 Å². The molecule has 0 atom stereocenters. The Morgan fingerprint density at radius 3 is 2.35 bits per heavy atom. The zero-order valence-electron chi connectivity index (χ0n) is 14.6. The lowest BCUT2D eigenvalue weighted by Gasteiger charge is -2.16. The van der Waals surface area contributed by atoms with E-state index in [0.717, 1.165) is 17.3 Å². The molecule has 0 aromatic heterocycles. The third-order valence-corrected chi connectivity index (χ3v) is 5.38. The smallest absolute Gasteiger partial charge is 0.256 e. The highest BCUT2D eigenvalue weighted by Crippen LogP contribution is 2.20. The first-order valence-corrected chi connectivity index (χ1v) is 9.89. The summed E-state index contributed by atoms with van der Waals surface area (Å²) < 4.78 is 0.736. The fourth-order valence-electron chi connectivity index (χ4n) is 3.27. The van der Waals surface area contributed by atoms with Gasteiger partial charge in [0.2, 0.25) is 0 Å². The van der Waals surface area contributed by atoms with Crippen molar-refractivity contribution in [1.29, 1.82) is 0 Å². The van der Waals surface area contributed by atoms with Gasteiger partial charge in [-0.05, 0) is 59.1 Å². The maximum absolute atomic E-state index is 12.6. The van der Waals surface area contributed by atoms with Gasteiger partial charge in [0, 0.05) is 21.8 Å². The second kappa shape index (κ2) is 8.99. The number of hydrogen-bond donors (Lipinski definition) is 2. The second-order valence-corrected chi connectivity index (χ2v) is 7.53. The predicted molar refractivity (Wildman–Crippen MR) is 107 cm³/mol. The number of carbonyl (C=O) groups excluding carboxylic acids is 2. The Morgan fingerprint density at radius 1 is 0.885 bits per heavy atom. The van der Waals surface area contributed by atoms with Crippen molar-refractivity contribution in [3.63, 3.8) is 0 Å². The average Bonchev–Trinajstić information content (AvgIpc) is 2.91. The van der Waals surface area contributed by atoms with E-state index in [4.69, 9.17) is 0 Å². The Labute approximate surface area is 162 Å². The second-order valence-electron chi connectivity index (χ2n) is 6.68. The molecule has 2 N–H and O–H groups in total. The largest absolute Gasteiger partial charge is 0.349 e. The van der Waals surface area contributed by atoms with Crippen LogP contribution in [0.1, 0.15) is 59.2 Å². The van der Waals surface area contributed by atoms with Crippen molar-refractivity contribution in [2.75, 3.05) is 5.32 Å². The van der Waals surface area contributed by atoms with Crippen molar-refractivity contribution in [2.45, 2.75) is 44.6 Å². The molecule has 4 nitrogen and oxygen atoms in total. The molecule has 1 fully saturated rings. The van der Waals surface area contributed by atoms with Gasteiger partial charge < -0.3 is 10.6 Å². The van der Waals surface area contributed by atoms with Crippen molar-refractivity contribution >= 4 is 33.4 Å². The molecule has 0 aliphatic heterocycles. The monoisotopic (exact) mass is 414 g/mol. The molecule has 136 valence electrons. The van der Waals surface area contributed by atoms with Crippen LogP contribution in [0, 0.1) is 0 Å². The summed E-state index contributed by atoms with van der Waals surface area (Å²) in [5, 5.41) is 6.00. The number of nitrogens with one attached hydrogen (secondary N) is 2. The molecule has 3 rings (SSSR count). The van der Waals surface area contributed by atoms with Crippen LogP contribution in [0.2, 0.25) is 0 Å². The molecule has 0 saturated heterocycles. The molecule has 0 spiro atoms. The van der Waals surface area contributed by atoms with E-state index < -0.39 is 0 Å². The van der Waals surface area contributed by atoms with Crippen molar-refractivity contribution in [3.05, 3.63) is 64.1 Å². The number of rotatable bonds is 4. The van der Waals surface area contributed by atoms with Gasteiger partial charge in [0.25, 0.3) is 11.8 Å². The van der Waals surface area contributed by atoms with Gasteiger partial charge in [0.1, 0.15) is 0 Å². The Morgan fingerprint density at radius 2 is 1.62 bits per heavy atom. The SMILES string of the molecule is O=C(NC1CCCCCC1)c1cccc(NC(=O)c2ccccc2Br)c1. The average molecular weight is 415 g/mol. The molecular weight excluding hydrogens is 392 g/mol. The maximum Gasteiger partial charge on any atom is 0.256 e. The summed E-state index contributed by atoms with van der Waals surface area (Å²) in [5.41, 5.74) is 1.74. The topological polar surface area (TPSA) is 58.2 Å². The van der Waals surface area contributed by atoms with Crippen LogP contribution < -0.4 is 10.6 Å². The molecule has 5 heteroatoms. The van der Waals surface area contributed by atoms with Crippen molar-refractivity contribution in [2.24, 2.45) is 0 Å². The normalized spacial score (nSPS) is 15.1. The van der Waals surface area contributed by atoms with E-state index in [9.17, 15) is 9.59 Å². The van der Waals surface area contributed by atoms with Gasteiger partial charge in [-0.25, -0.2) is 0 Å². The maximum atomic E-state index is 12.6. The zero-order valence-corrected chi connectivity index (χ0v) is 16.2. The minimum Gasteiger partial charge on any atom is -0.349 e. The number of carbonyl (C=O) groups is 2. The molecule has 0 bridgehead atoms. The van der Waals surface area contributed by atoms with Gasteiger partial charge in [-0.15, -0.1) is 0 Å². The Kier molecular flexibility index (Phi) is 6.45. The van der Waals surface area contributed by atoms with Crippen molar-refractivity contribution in [1.82, 2.24) is 5.32 Å². The molecule has 0 unspecified atom stereocenters. The molecule has 1 aliphatic carbocycles. The molecular formula is C21H23BrN2O2. The van der Waals surface area contributed by atoms with E-state index in [0.29, 0.717) is 16.8 Å². The third-order valence-electron chi connectivity index (χ3n) is 4.69. The van der Waals surface area contributed by atoms with E-state index in [-0.39, 0.29) is 17.9 Å². The number of anilines is 1. The van der Waals surface area contributed by atoms with Crippen molar-refractivity contribution in [3.8, 4) is 0 Å². The lowest BCUT2D eigenvalue weighted by atomic mass is 10.1. The van der Waals surface area contributed by atoms with Crippen LogP contribution in [0.4, 0.5) is 5.69 Å². The standard InChI is InChI=1S/C21H23BrN2O2/c22-19-13-6-5-12-18(19)21(26)24-17-11-7-8-15(14-17)20(25)23-16-9-3-1-2-4-10-16/h5-8,11-14,16H,1-4,9-10H2,(H,23,25)(H,24,26). The van der Waals surface area contributed by atoms with E-state index in [1.807, 2.05) is 18.2 Å². The molecule has 2 aromatic rings. The first-order chi connectivity index (χ1) is 12.6. The summed E-state index contributed by atoms with van der Waals surface area (Å²) in [5.74, 6) is -0.285. The Balaban J connectivity index is 1.66. The van der Waals surface area contributed by atoms with E-state index in [1.54, 1.807) is 30.3 Å². The molecule has 0 radical (unpaired) electrons. The van der Waals surface area contributed by atoms with Gasteiger partial charge >= 0.3 is 0 Å². The Bertz CT molecular complexity index is 783. The Hall–Kier alpha value is -2.14. The quantitative estimate of drug-likeness (QED) is 0.679. The highest BCUT2D eigenvalue weighted by Gasteiger charge is 2.16. The first-order valence-electron chi connectivity index (χ1n) is 9.10. The summed E-state index contributed by atoms with van der Waals surface area (Å²) in [6.45, 7) is 0. The van der Waals surface area contributed by atoms with Gasteiger partial charge in [-0.2, -0.15) is 0 Å². The zero-order chi connectivity index (χ0) is 18.4. The van der Waals surface area contributed by atoms with Crippen LogP contribution in [-0.4, -0.2) is 17.9 Å². The van der Waals surface area contributed by atoms with E-state index in [1.165, 1.54) is 25.7 Å². The fourth-order valence-corrected chi connectivity index (χ4v) is 3.74. The number of amides is 2. The summed E-state index contributed by atoms with van der Waals surface area (Å²) >= 11 is 3.38. The van der Waals surface area contributed by atoms with Crippen molar-refractivity contribution < 1.29 is 9.59 Å². The van der Waals surface area contributed by atoms with Gasteiger partial charge in [0.15, 0.2) is 0 Å². The van der Waals surface area contributed by atoms with Crippen LogP contribution in [-0.2, 0) is 0 Å². The predicted octanol–water partition coefficient (Wildman–Crippen LogP) is 5.15. The summed E-state index contributed by atoms with van der Waals surface area (Å²) in [4.78, 5) is 25.0. The number of benzene rings is 2. The molecule has 1 aliphatic rings. The van der Waals surface area contributed by atoms with Crippen LogP contribution in [0.25, 0.3) is 0 Å². The summed E-state index contributed by atoms with van der Waals surface area (Å²) in [6.07, 6.45) is 6.94. The lowest BCUT2D eigenvalue weighted by molar-refractivity contribution is 0.0932. The number of hydrogen-bond acceptors (Lipinski definition) is 2. The molecule has 2 aromatic carbocycles. The highest BCUT2D eigenvalue weighted by atomic mass is 79.9.